The molecule has 16 heavy (non-hydrogen) atoms. The summed E-state index contributed by atoms with van der Waals surface area (Å²) >= 11 is 0. The number of rotatable bonds is 3. The molecule has 0 amide bonds. The molecule has 2 heterocycles. The van der Waals surface area contributed by atoms with Gasteiger partial charge < -0.3 is 0 Å². The van der Waals surface area contributed by atoms with Gasteiger partial charge in [0.2, 0.25) is 0 Å². The van der Waals surface area contributed by atoms with Crippen LogP contribution in [-0.2, 0) is 0 Å². The van der Waals surface area contributed by atoms with E-state index in [0.29, 0.717) is 5.56 Å². The molecule has 0 aliphatic rings. The Morgan fingerprint density at radius 3 is 2.38 bits per heavy atom. The standard InChI is InChI=1S/C10H10FN5/c11-9-1-7(2-13-5-9)10(16-12)8-3-14-6-15-4-8/h1-6,10,16H,12H2. The van der Waals surface area contributed by atoms with Crippen LogP contribution in [0.15, 0.2) is 37.2 Å². The zero-order chi connectivity index (χ0) is 11.4. The van der Waals surface area contributed by atoms with Crippen LogP contribution in [0, 0.1) is 5.82 Å². The van der Waals surface area contributed by atoms with E-state index < -0.39 is 5.82 Å². The molecule has 0 bridgehead atoms. The number of hydrogen-bond donors (Lipinski definition) is 2. The van der Waals surface area contributed by atoms with Crippen molar-refractivity contribution in [2.45, 2.75) is 6.04 Å². The van der Waals surface area contributed by atoms with Crippen LogP contribution >= 0.6 is 0 Å². The third-order valence-corrected chi connectivity index (χ3v) is 2.14. The monoisotopic (exact) mass is 219 g/mol. The van der Waals surface area contributed by atoms with E-state index in [1.54, 1.807) is 18.6 Å². The van der Waals surface area contributed by atoms with Gasteiger partial charge in [0.15, 0.2) is 0 Å². The lowest BCUT2D eigenvalue weighted by molar-refractivity contribution is 0.596. The summed E-state index contributed by atoms with van der Waals surface area (Å²) in [4.78, 5) is 11.5. The third-order valence-electron chi connectivity index (χ3n) is 2.14. The number of hydrogen-bond acceptors (Lipinski definition) is 5. The lowest BCUT2D eigenvalue weighted by Crippen LogP contribution is -2.29. The van der Waals surface area contributed by atoms with Gasteiger partial charge in [0, 0.05) is 24.2 Å². The smallest absolute Gasteiger partial charge is 0.141 e. The highest BCUT2D eigenvalue weighted by atomic mass is 19.1. The van der Waals surface area contributed by atoms with Crippen LogP contribution < -0.4 is 11.3 Å². The number of halogens is 1. The second-order valence-corrected chi connectivity index (χ2v) is 3.21. The summed E-state index contributed by atoms with van der Waals surface area (Å²) < 4.78 is 13.0. The van der Waals surface area contributed by atoms with Gasteiger partial charge in [-0.05, 0) is 11.6 Å². The normalized spacial score (nSPS) is 12.4. The summed E-state index contributed by atoms with van der Waals surface area (Å²) in [6.07, 6.45) is 7.32. The maximum atomic E-state index is 13.0. The first-order valence-electron chi connectivity index (χ1n) is 4.62. The Labute approximate surface area is 91.5 Å². The van der Waals surface area contributed by atoms with Crippen molar-refractivity contribution < 1.29 is 4.39 Å². The topological polar surface area (TPSA) is 76.7 Å². The van der Waals surface area contributed by atoms with Crippen molar-refractivity contribution in [3.05, 3.63) is 54.1 Å². The first-order chi connectivity index (χ1) is 7.81. The van der Waals surface area contributed by atoms with E-state index in [4.69, 9.17) is 5.84 Å². The minimum absolute atomic E-state index is 0.371. The lowest BCUT2D eigenvalue weighted by atomic mass is 10.0. The minimum atomic E-state index is -0.408. The van der Waals surface area contributed by atoms with Gasteiger partial charge in [-0.25, -0.2) is 19.8 Å². The molecule has 2 rings (SSSR count). The first-order valence-corrected chi connectivity index (χ1v) is 4.62. The fourth-order valence-electron chi connectivity index (χ4n) is 1.43. The maximum Gasteiger partial charge on any atom is 0.141 e. The molecule has 0 aliphatic carbocycles. The summed E-state index contributed by atoms with van der Waals surface area (Å²) in [7, 11) is 0. The molecule has 0 aliphatic heterocycles. The highest BCUT2D eigenvalue weighted by Gasteiger charge is 2.13. The van der Waals surface area contributed by atoms with Gasteiger partial charge >= 0.3 is 0 Å². The number of nitrogens with zero attached hydrogens (tertiary/aromatic N) is 3. The van der Waals surface area contributed by atoms with E-state index in [-0.39, 0.29) is 6.04 Å². The molecule has 0 fully saturated rings. The molecular formula is C10H10FN5. The SMILES string of the molecule is NNC(c1cncnc1)c1cncc(F)c1. The van der Waals surface area contributed by atoms with Crippen LogP contribution in [0.4, 0.5) is 4.39 Å². The van der Waals surface area contributed by atoms with Gasteiger partial charge in [0.05, 0.1) is 12.2 Å². The van der Waals surface area contributed by atoms with Crippen molar-refractivity contribution in [2.75, 3.05) is 0 Å². The lowest BCUT2D eigenvalue weighted by Gasteiger charge is -2.15. The van der Waals surface area contributed by atoms with Crippen LogP contribution in [0.5, 0.6) is 0 Å². The predicted octanol–water partition coefficient (Wildman–Crippen LogP) is 0.563. The van der Waals surface area contributed by atoms with Crippen LogP contribution in [-0.4, -0.2) is 15.0 Å². The molecule has 1 atom stereocenters. The van der Waals surface area contributed by atoms with Gasteiger partial charge in [-0.1, -0.05) is 0 Å². The van der Waals surface area contributed by atoms with E-state index in [9.17, 15) is 4.39 Å². The number of nitrogens with two attached hydrogens (primary N) is 1. The first kappa shape index (κ1) is 10.6. The number of aromatic nitrogens is 3. The van der Waals surface area contributed by atoms with Gasteiger partial charge in [-0.3, -0.25) is 10.8 Å². The Hall–Kier alpha value is -1.92. The van der Waals surface area contributed by atoms with Crippen molar-refractivity contribution in [1.82, 2.24) is 20.4 Å². The van der Waals surface area contributed by atoms with Crippen molar-refractivity contribution in [2.24, 2.45) is 5.84 Å². The van der Waals surface area contributed by atoms with E-state index in [0.717, 1.165) is 11.8 Å². The number of hydrazine groups is 1. The molecule has 3 N–H and O–H groups in total. The fraction of sp³-hybridized carbons (Fsp3) is 0.100. The quantitative estimate of drug-likeness (QED) is 0.582. The molecule has 2 aromatic heterocycles. The van der Waals surface area contributed by atoms with Crippen LogP contribution in [0.25, 0.3) is 0 Å². The molecular weight excluding hydrogens is 209 g/mol. The highest BCUT2D eigenvalue weighted by molar-refractivity contribution is 5.26. The highest BCUT2D eigenvalue weighted by Crippen LogP contribution is 2.19. The summed E-state index contributed by atoms with van der Waals surface area (Å²) in [5, 5.41) is 0. The van der Waals surface area contributed by atoms with Crippen molar-refractivity contribution in [3.63, 3.8) is 0 Å². The molecule has 2 aromatic rings. The Morgan fingerprint density at radius 2 is 1.75 bits per heavy atom. The predicted molar refractivity (Wildman–Crippen MR) is 55.4 cm³/mol. The van der Waals surface area contributed by atoms with Crippen LogP contribution in [0.2, 0.25) is 0 Å². The third kappa shape index (κ3) is 2.18. The maximum absolute atomic E-state index is 13.0. The Bertz CT molecular complexity index is 462. The molecule has 0 saturated heterocycles. The van der Waals surface area contributed by atoms with Crippen LogP contribution in [0.3, 0.4) is 0 Å². The molecule has 6 heteroatoms. The van der Waals surface area contributed by atoms with E-state index in [1.807, 2.05) is 0 Å². The van der Waals surface area contributed by atoms with Gasteiger partial charge in [-0.15, -0.1) is 0 Å². The summed E-state index contributed by atoms with van der Waals surface area (Å²) in [5.74, 6) is 5.02. The fourth-order valence-corrected chi connectivity index (χ4v) is 1.43. The molecule has 0 spiro atoms. The number of nitrogens with one attached hydrogen (secondary N) is 1. The van der Waals surface area contributed by atoms with Crippen molar-refractivity contribution in [1.29, 1.82) is 0 Å². The zero-order valence-electron chi connectivity index (χ0n) is 8.34. The van der Waals surface area contributed by atoms with Crippen LogP contribution in [0.1, 0.15) is 17.2 Å². The second kappa shape index (κ2) is 4.73. The minimum Gasteiger partial charge on any atom is -0.271 e. The zero-order valence-corrected chi connectivity index (χ0v) is 8.34. The Morgan fingerprint density at radius 1 is 1.06 bits per heavy atom. The molecule has 0 radical (unpaired) electrons. The number of pyridine rings is 1. The average molecular weight is 219 g/mol. The molecule has 5 nitrogen and oxygen atoms in total. The second-order valence-electron chi connectivity index (χ2n) is 3.21. The Kier molecular flexibility index (Phi) is 3.13. The molecule has 1 unspecified atom stereocenters. The largest absolute Gasteiger partial charge is 0.271 e. The summed E-state index contributed by atoms with van der Waals surface area (Å²) in [6.45, 7) is 0. The summed E-state index contributed by atoms with van der Waals surface area (Å²) in [5.41, 5.74) is 3.95. The summed E-state index contributed by atoms with van der Waals surface area (Å²) in [6, 6.07) is 0.995. The van der Waals surface area contributed by atoms with E-state index in [1.165, 1.54) is 12.4 Å². The average Bonchev–Trinajstić information content (AvgIpc) is 2.31. The van der Waals surface area contributed by atoms with Gasteiger partial charge in [0.1, 0.15) is 12.1 Å². The van der Waals surface area contributed by atoms with E-state index >= 15 is 0 Å². The molecule has 0 aromatic carbocycles. The Balaban J connectivity index is 2.37. The van der Waals surface area contributed by atoms with Gasteiger partial charge in [-0.2, -0.15) is 0 Å². The van der Waals surface area contributed by atoms with E-state index in [2.05, 4.69) is 20.4 Å². The van der Waals surface area contributed by atoms with Crippen molar-refractivity contribution >= 4 is 0 Å². The van der Waals surface area contributed by atoms with Gasteiger partial charge in [0.25, 0.3) is 0 Å². The van der Waals surface area contributed by atoms with Crippen molar-refractivity contribution in [3.8, 4) is 0 Å². The molecule has 82 valence electrons. The molecule has 0 saturated carbocycles.